The Morgan fingerprint density at radius 2 is 1.04 bits per heavy atom. The van der Waals surface area contributed by atoms with E-state index in [0.29, 0.717) is 25.9 Å². The molecule has 0 radical (unpaired) electrons. The van der Waals surface area contributed by atoms with E-state index in [1.54, 1.807) is 0 Å². The molecule has 8 aromatic rings. The van der Waals surface area contributed by atoms with Crippen molar-refractivity contribution in [3.63, 3.8) is 0 Å². The highest BCUT2D eigenvalue weighted by atomic mass is 35.5. The van der Waals surface area contributed by atoms with Gasteiger partial charge in [-0.15, -0.1) is 0 Å². The predicted molar refractivity (Wildman–Crippen MR) is 200 cm³/mol. The quantitative estimate of drug-likeness (QED) is 0.167. The fourth-order valence-corrected chi connectivity index (χ4v) is 7.77. The Balaban J connectivity index is 1.24. The number of aromatic nitrogens is 4. The molecule has 0 atom stereocenters. The van der Waals surface area contributed by atoms with Gasteiger partial charge in [0.25, 0.3) is 0 Å². The number of rotatable bonds is 9. The van der Waals surface area contributed by atoms with Crippen LogP contribution in [0.4, 0.5) is 0 Å². The van der Waals surface area contributed by atoms with Crippen LogP contribution in [0.5, 0.6) is 0 Å². The second kappa shape index (κ2) is 12.4. The lowest BCUT2D eigenvalue weighted by Crippen LogP contribution is -2.44. The Labute approximate surface area is 289 Å². The van der Waals surface area contributed by atoms with E-state index in [9.17, 15) is 0 Å². The van der Waals surface area contributed by atoms with Crippen molar-refractivity contribution in [2.75, 3.05) is 0 Å². The maximum Gasteiger partial charge on any atom is 0.0714 e. The number of halogens is 2. The van der Waals surface area contributed by atoms with Gasteiger partial charge in [0.1, 0.15) is 0 Å². The van der Waals surface area contributed by atoms with Crippen molar-refractivity contribution in [1.29, 1.82) is 0 Å². The summed E-state index contributed by atoms with van der Waals surface area (Å²) >= 11 is 12.8. The Kier molecular flexibility index (Phi) is 7.92. The second-order valence-corrected chi connectivity index (χ2v) is 13.7. The van der Waals surface area contributed by atoms with Gasteiger partial charge >= 0.3 is 0 Å². The Morgan fingerprint density at radius 3 is 1.48 bits per heavy atom. The van der Waals surface area contributed by atoms with Crippen molar-refractivity contribution in [2.45, 2.75) is 44.8 Å². The Bertz CT molecular complexity index is 2290. The number of hydrogen-bond acceptors (Lipinski definition) is 3. The number of pyridine rings is 2. The van der Waals surface area contributed by atoms with Gasteiger partial charge in [0, 0.05) is 86.5 Å². The zero-order valence-electron chi connectivity index (χ0n) is 26.7. The van der Waals surface area contributed by atoms with Crippen LogP contribution in [0.15, 0.2) is 122 Å². The van der Waals surface area contributed by atoms with E-state index in [4.69, 9.17) is 38.9 Å². The third-order valence-corrected chi connectivity index (χ3v) is 10.2. The van der Waals surface area contributed by atoms with Crippen molar-refractivity contribution in [3.05, 3.63) is 154 Å². The van der Waals surface area contributed by atoms with Gasteiger partial charge in [-0.2, -0.15) is 0 Å². The van der Waals surface area contributed by atoms with Crippen LogP contribution >= 0.6 is 23.2 Å². The van der Waals surface area contributed by atoms with Gasteiger partial charge in [-0.3, -0.25) is 9.97 Å². The molecule has 4 aromatic carbocycles. The van der Waals surface area contributed by atoms with Crippen LogP contribution in [0, 0.1) is 0 Å². The lowest BCUT2D eigenvalue weighted by molar-refractivity contribution is 0.398. The average molecular weight is 669 g/mol. The molecule has 0 saturated heterocycles. The van der Waals surface area contributed by atoms with Gasteiger partial charge in [0.05, 0.1) is 22.4 Å². The van der Waals surface area contributed by atoms with Crippen LogP contribution in [-0.2, 0) is 25.9 Å². The molecular formula is C41H35Cl2N5. The largest absolute Gasteiger partial charge is 0.334 e. The highest BCUT2D eigenvalue weighted by Crippen LogP contribution is 2.36. The molecule has 0 amide bonds. The fourth-order valence-electron chi connectivity index (χ4n) is 7.35. The van der Waals surface area contributed by atoms with Gasteiger partial charge in [-0.1, -0.05) is 90.8 Å². The summed E-state index contributed by atoms with van der Waals surface area (Å²) in [4.78, 5) is 10.0. The van der Waals surface area contributed by atoms with Gasteiger partial charge in [-0.05, 0) is 66.1 Å². The van der Waals surface area contributed by atoms with Gasteiger partial charge in [0.2, 0.25) is 0 Å². The number of hydrogen-bond donors (Lipinski definition) is 1. The van der Waals surface area contributed by atoms with E-state index < -0.39 is 5.54 Å². The van der Waals surface area contributed by atoms with Crippen molar-refractivity contribution in [3.8, 4) is 0 Å². The molecule has 0 spiro atoms. The average Bonchev–Trinajstić information content (AvgIpc) is 3.59. The summed E-state index contributed by atoms with van der Waals surface area (Å²) < 4.78 is 4.74. The molecule has 0 fully saturated rings. The van der Waals surface area contributed by atoms with E-state index in [-0.39, 0.29) is 0 Å². The number of para-hydroxylation sites is 2. The topological polar surface area (TPSA) is 61.7 Å². The molecule has 2 N–H and O–H groups in total. The SMILES string of the molecule is CCC(N)(Cc1nccc2c3ccccc3n(Cc3cccc(Cl)c3)c12)Cc1nccc2c3ccccc3n(Cc3cccc(Cl)c3)c12. The van der Waals surface area contributed by atoms with Crippen LogP contribution in [0.25, 0.3) is 43.6 Å². The van der Waals surface area contributed by atoms with E-state index >= 15 is 0 Å². The third kappa shape index (κ3) is 5.52. The maximum absolute atomic E-state index is 7.44. The Morgan fingerprint density at radius 1 is 0.583 bits per heavy atom. The van der Waals surface area contributed by atoms with Gasteiger partial charge in [0.15, 0.2) is 0 Å². The van der Waals surface area contributed by atoms with Crippen molar-refractivity contribution >= 4 is 66.8 Å². The standard InChI is InChI=1S/C41H35Cl2N5/c1-2-41(44,23-35-39-33(17-19-45-35)31-13-3-5-15-37(31)47(39)25-27-9-7-11-29(42)21-27)24-36-40-34(18-20-46-36)32-14-4-6-16-38(32)48(40)26-28-10-8-12-30(43)22-28/h3-22H,2,23-26,44H2,1H3. The molecule has 238 valence electrons. The zero-order valence-corrected chi connectivity index (χ0v) is 28.2. The molecule has 48 heavy (non-hydrogen) atoms. The predicted octanol–water partition coefficient (Wildman–Crippen LogP) is 9.99. The van der Waals surface area contributed by atoms with Crippen LogP contribution in [0.3, 0.4) is 0 Å². The van der Waals surface area contributed by atoms with Crippen molar-refractivity contribution < 1.29 is 0 Å². The fraction of sp³-hybridized carbons (Fsp3) is 0.171. The highest BCUT2D eigenvalue weighted by molar-refractivity contribution is 6.31. The minimum Gasteiger partial charge on any atom is -0.334 e. The normalized spacial score (nSPS) is 12.2. The molecule has 0 saturated carbocycles. The maximum atomic E-state index is 7.44. The molecule has 4 heterocycles. The molecule has 8 rings (SSSR count). The van der Waals surface area contributed by atoms with E-state index in [0.717, 1.165) is 61.0 Å². The summed E-state index contributed by atoms with van der Waals surface area (Å²) in [6.07, 6.45) is 5.79. The van der Waals surface area contributed by atoms with Gasteiger partial charge < -0.3 is 14.9 Å². The lowest BCUT2D eigenvalue weighted by atomic mass is 9.85. The molecule has 0 aliphatic rings. The van der Waals surface area contributed by atoms with Crippen molar-refractivity contribution in [2.24, 2.45) is 5.73 Å². The van der Waals surface area contributed by atoms with E-state index in [2.05, 4.69) is 88.9 Å². The van der Waals surface area contributed by atoms with E-state index in [1.165, 1.54) is 21.5 Å². The van der Waals surface area contributed by atoms with Crippen LogP contribution in [0.1, 0.15) is 35.9 Å². The summed E-state index contributed by atoms with van der Waals surface area (Å²) in [7, 11) is 0. The van der Waals surface area contributed by atoms with Gasteiger partial charge in [-0.25, -0.2) is 0 Å². The number of nitrogens with two attached hydrogens (primary N) is 1. The first-order valence-electron chi connectivity index (χ1n) is 16.4. The molecular weight excluding hydrogens is 633 g/mol. The lowest BCUT2D eigenvalue weighted by Gasteiger charge is -2.29. The number of nitrogens with zero attached hydrogens (tertiary/aromatic N) is 4. The molecule has 0 bridgehead atoms. The molecule has 0 unspecified atom stereocenters. The minimum absolute atomic E-state index is 0.597. The molecule has 7 heteroatoms. The monoisotopic (exact) mass is 667 g/mol. The van der Waals surface area contributed by atoms with Crippen LogP contribution in [-0.4, -0.2) is 24.6 Å². The first-order chi connectivity index (χ1) is 23.4. The Hall–Kier alpha value is -4.68. The van der Waals surface area contributed by atoms with Crippen LogP contribution < -0.4 is 5.73 Å². The van der Waals surface area contributed by atoms with E-state index in [1.807, 2.05) is 48.8 Å². The van der Waals surface area contributed by atoms with Crippen LogP contribution in [0.2, 0.25) is 10.0 Å². The summed E-state index contributed by atoms with van der Waals surface area (Å²) in [6.45, 7) is 3.53. The second-order valence-electron chi connectivity index (χ2n) is 12.8. The first-order valence-corrected chi connectivity index (χ1v) is 17.1. The summed E-state index contributed by atoms with van der Waals surface area (Å²) in [5.41, 5.74) is 15.7. The smallest absolute Gasteiger partial charge is 0.0714 e. The summed E-state index contributed by atoms with van der Waals surface area (Å²) in [6, 6.07) is 37.5. The number of benzene rings is 4. The molecule has 4 aromatic heterocycles. The summed E-state index contributed by atoms with van der Waals surface area (Å²) in [5, 5.41) is 6.22. The molecule has 5 nitrogen and oxygen atoms in total. The zero-order chi connectivity index (χ0) is 32.8. The summed E-state index contributed by atoms with van der Waals surface area (Å²) in [5.74, 6) is 0. The molecule has 0 aliphatic carbocycles. The minimum atomic E-state index is -0.600. The third-order valence-electron chi connectivity index (χ3n) is 9.71. The van der Waals surface area contributed by atoms with Crippen molar-refractivity contribution in [1.82, 2.24) is 19.1 Å². The highest BCUT2D eigenvalue weighted by Gasteiger charge is 2.29. The number of fused-ring (bicyclic) bond motifs is 6. The first kappa shape index (κ1) is 30.6. The molecule has 0 aliphatic heterocycles.